The van der Waals surface area contributed by atoms with Gasteiger partial charge in [0.25, 0.3) is 5.79 Å². The lowest BCUT2D eigenvalue weighted by Crippen LogP contribution is -2.29. The Morgan fingerprint density at radius 1 is 0.776 bits per heavy atom. The number of esters is 1. The fourth-order valence-electron chi connectivity index (χ4n) is 5.63. The van der Waals surface area contributed by atoms with Crippen LogP contribution in [0.4, 0.5) is 0 Å². The maximum Gasteiger partial charge on any atom is 0.342 e. The van der Waals surface area contributed by atoms with Crippen LogP contribution in [-0.4, -0.2) is 67.1 Å². The number of fused-ring (bicyclic) bond motifs is 1. The summed E-state index contributed by atoms with van der Waals surface area (Å²) in [5.74, 6) is 0.224. The molecule has 12 nitrogen and oxygen atoms in total. The Labute approximate surface area is 283 Å². The highest BCUT2D eigenvalue weighted by atomic mass is 32.2. The van der Waals surface area contributed by atoms with Gasteiger partial charge in [-0.05, 0) is 83.9 Å². The predicted octanol–water partition coefficient (Wildman–Crippen LogP) is 4.70. The van der Waals surface area contributed by atoms with Crippen LogP contribution in [-0.2, 0) is 31.6 Å². The topological polar surface area (TPSA) is 145 Å². The van der Waals surface area contributed by atoms with Crippen LogP contribution in [0, 0.1) is 0 Å². The van der Waals surface area contributed by atoms with Crippen molar-refractivity contribution in [1.29, 1.82) is 0 Å². The van der Waals surface area contributed by atoms with E-state index >= 15 is 0 Å². The number of cyclic esters (lactones) is 1. The molecule has 256 valence electrons. The maximum atomic E-state index is 13.6. The third-order valence-electron chi connectivity index (χ3n) is 8.04. The van der Waals surface area contributed by atoms with E-state index in [4.69, 9.17) is 37.9 Å². The summed E-state index contributed by atoms with van der Waals surface area (Å²) in [4.78, 5) is 13.8. The van der Waals surface area contributed by atoms with Gasteiger partial charge in [-0.25, -0.2) is 13.2 Å². The molecule has 13 heteroatoms. The van der Waals surface area contributed by atoms with E-state index in [9.17, 15) is 18.3 Å². The molecule has 2 heterocycles. The second-order valence-electron chi connectivity index (χ2n) is 11.1. The lowest BCUT2D eigenvalue weighted by Gasteiger charge is -2.26. The normalized spacial score (nSPS) is 16.7. The number of rotatable bonds is 13. The Morgan fingerprint density at radius 2 is 1.45 bits per heavy atom. The standard InChI is InChI=1S/C36H34O12S/c1-41-25-8-6-24(7-9-25)36(38)28(33(35(37)48-36)23-5-14-29-30(20-23)47-21-46-29)17-22-18-31(42-2)34(43-3)32(19-22)45-16-15-44-26-10-12-27(13-11-26)49(4,39)40/h5-14,18-20,38H,15-17,21H2,1-4H3. The van der Waals surface area contributed by atoms with Crippen molar-refractivity contribution >= 4 is 21.4 Å². The van der Waals surface area contributed by atoms with E-state index in [-0.39, 0.29) is 42.5 Å². The van der Waals surface area contributed by atoms with Gasteiger partial charge in [-0.2, -0.15) is 0 Å². The zero-order valence-electron chi connectivity index (χ0n) is 27.2. The zero-order chi connectivity index (χ0) is 34.8. The molecule has 2 aliphatic heterocycles. The van der Waals surface area contributed by atoms with Crippen molar-refractivity contribution in [2.24, 2.45) is 0 Å². The first kappa shape index (κ1) is 33.5. The molecule has 6 rings (SSSR count). The molecule has 0 bridgehead atoms. The Hall–Kier alpha value is -5.40. The third-order valence-corrected chi connectivity index (χ3v) is 9.17. The first-order valence-electron chi connectivity index (χ1n) is 15.1. The summed E-state index contributed by atoms with van der Waals surface area (Å²) in [5.41, 5.74) is 1.87. The quantitative estimate of drug-likeness (QED) is 0.153. The van der Waals surface area contributed by atoms with Crippen LogP contribution in [0.5, 0.6) is 40.2 Å². The summed E-state index contributed by atoms with van der Waals surface area (Å²) in [7, 11) is 1.18. The van der Waals surface area contributed by atoms with Gasteiger partial charge in [0.1, 0.15) is 24.7 Å². The monoisotopic (exact) mass is 690 g/mol. The summed E-state index contributed by atoms with van der Waals surface area (Å²) in [6, 6.07) is 21.2. The Balaban J connectivity index is 1.33. The van der Waals surface area contributed by atoms with Crippen LogP contribution in [0.1, 0.15) is 16.7 Å². The van der Waals surface area contributed by atoms with Crippen molar-refractivity contribution < 1.29 is 56.2 Å². The van der Waals surface area contributed by atoms with E-state index < -0.39 is 21.6 Å². The second kappa shape index (κ2) is 13.6. The Morgan fingerprint density at radius 3 is 2.12 bits per heavy atom. The molecule has 0 saturated carbocycles. The SMILES string of the molecule is COc1ccc(C2(O)OC(=O)C(c3ccc4c(c3)OCO4)=C2Cc2cc(OC)c(OC)c(OCCOc3ccc(S(C)(=O)=O)cc3)c2)cc1. The molecular formula is C36H34O12S. The van der Waals surface area contributed by atoms with Crippen LogP contribution in [0.2, 0.25) is 0 Å². The number of benzene rings is 4. The number of methoxy groups -OCH3 is 3. The smallest absolute Gasteiger partial charge is 0.342 e. The average molecular weight is 691 g/mol. The van der Waals surface area contributed by atoms with Gasteiger partial charge in [-0.15, -0.1) is 0 Å². The minimum atomic E-state index is -3.33. The minimum Gasteiger partial charge on any atom is -0.497 e. The minimum absolute atomic E-state index is 0.0396. The molecule has 0 saturated heterocycles. The van der Waals surface area contributed by atoms with Crippen molar-refractivity contribution in [3.05, 3.63) is 101 Å². The highest BCUT2D eigenvalue weighted by Gasteiger charge is 2.48. The van der Waals surface area contributed by atoms with E-state index in [1.54, 1.807) is 66.7 Å². The molecule has 0 fully saturated rings. The molecule has 0 radical (unpaired) electrons. The molecule has 1 N–H and O–H groups in total. The van der Waals surface area contributed by atoms with E-state index in [1.165, 1.54) is 33.5 Å². The lowest BCUT2D eigenvalue weighted by atomic mass is 9.88. The Kier molecular flexibility index (Phi) is 9.30. The summed E-state index contributed by atoms with van der Waals surface area (Å²) in [5, 5.41) is 12.1. The van der Waals surface area contributed by atoms with Crippen LogP contribution < -0.4 is 33.2 Å². The van der Waals surface area contributed by atoms with Gasteiger partial charge in [0, 0.05) is 23.8 Å². The first-order chi connectivity index (χ1) is 23.5. The first-order valence-corrected chi connectivity index (χ1v) is 17.0. The maximum absolute atomic E-state index is 13.6. The summed E-state index contributed by atoms with van der Waals surface area (Å²) in [6.45, 7) is 0.284. The number of hydrogen-bond acceptors (Lipinski definition) is 12. The van der Waals surface area contributed by atoms with Crippen molar-refractivity contribution in [3.63, 3.8) is 0 Å². The van der Waals surface area contributed by atoms with Gasteiger partial charge in [0.15, 0.2) is 32.8 Å². The van der Waals surface area contributed by atoms with Crippen molar-refractivity contribution in [2.45, 2.75) is 17.1 Å². The van der Waals surface area contributed by atoms with Gasteiger partial charge in [0.2, 0.25) is 12.5 Å². The zero-order valence-corrected chi connectivity index (χ0v) is 28.0. The molecule has 1 atom stereocenters. The van der Waals surface area contributed by atoms with Gasteiger partial charge in [-0.1, -0.05) is 6.07 Å². The molecule has 0 aromatic heterocycles. The molecule has 0 aliphatic carbocycles. The van der Waals surface area contributed by atoms with E-state index in [0.717, 1.165) is 6.26 Å². The molecule has 1 unspecified atom stereocenters. The van der Waals surface area contributed by atoms with Crippen LogP contribution in [0.25, 0.3) is 5.57 Å². The van der Waals surface area contributed by atoms with Crippen molar-refractivity contribution in [1.82, 2.24) is 0 Å². The van der Waals surface area contributed by atoms with E-state index in [1.807, 2.05) is 0 Å². The molecule has 0 amide bonds. The van der Waals surface area contributed by atoms with E-state index in [2.05, 4.69) is 0 Å². The number of sulfone groups is 1. The highest BCUT2D eigenvalue weighted by Crippen LogP contribution is 2.48. The Bertz CT molecular complexity index is 2000. The fraction of sp³-hybridized carbons (Fsp3) is 0.250. The number of hydrogen-bond donors (Lipinski definition) is 1. The molecule has 4 aromatic rings. The van der Waals surface area contributed by atoms with Crippen LogP contribution in [0.15, 0.2) is 89.3 Å². The number of carbonyl (C=O) groups excluding carboxylic acids is 1. The largest absolute Gasteiger partial charge is 0.497 e. The van der Waals surface area contributed by atoms with Crippen molar-refractivity contribution in [3.8, 4) is 40.2 Å². The molecule has 2 aliphatic rings. The lowest BCUT2D eigenvalue weighted by molar-refractivity contribution is -0.185. The van der Waals surface area contributed by atoms with E-state index in [0.29, 0.717) is 56.9 Å². The van der Waals surface area contributed by atoms with Gasteiger partial charge in [-0.3, -0.25) is 0 Å². The van der Waals surface area contributed by atoms with Crippen LogP contribution in [0.3, 0.4) is 0 Å². The average Bonchev–Trinajstić information content (AvgIpc) is 3.67. The second-order valence-corrected chi connectivity index (χ2v) is 13.1. The molecule has 49 heavy (non-hydrogen) atoms. The fourth-order valence-corrected chi connectivity index (χ4v) is 6.26. The van der Waals surface area contributed by atoms with Gasteiger partial charge in [0.05, 0.1) is 31.8 Å². The van der Waals surface area contributed by atoms with Crippen LogP contribution >= 0.6 is 0 Å². The molecule has 4 aromatic carbocycles. The summed E-state index contributed by atoms with van der Waals surface area (Å²) in [6.07, 6.45) is 1.18. The van der Waals surface area contributed by atoms with Crippen molar-refractivity contribution in [2.75, 3.05) is 47.6 Å². The number of carbonyl (C=O) groups is 1. The summed E-state index contributed by atoms with van der Waals surface area (Å²) >= 11 is 0. The summed E-state index contributed by atoms with van der Waals surface area (Å²) < 4.78 is 68.6. The van der Waals surface area contributed by atoms with Gasteiger partial charge >= 0.3 is 5.97 Å². The molecular weight excluding hydrogens is 656 g/mol. The number of ether oxygens (including phenoxy) is 8. The third kappa shape index (κ3) is 6.80. The van der Waals surface area contributed by atoms with Gasteiger partial charge < -0.3 is 43.0 Å². The predicted molar refractivity (Wildman–Crippen MR) is 176 cm³/mol. The number of aliphatic hydroxyl groups is 1. The molecule has 0 spiro atoms. The highest BCUT2D eigenvalue weighted by molar-refractivity contribution is 7.90.